The van der Waals surface area contributed by atoms with Crippen LogP contribution in [0, 0.1) is 17.2 Å². The van der Waals surface area contributed by atoms with E-state index in [0.29, 0.717) is 12.0 Å². The number of piperidine rings is 1. The molecule has 2 aliphatic rings. The van der Waals surface area contributed by atoms with Gasteiger partial charge in [-0.1, -0.05) is 6.58 Å². The minimum atomic E-state index is 0.319. The Hall–Kier alpha value is -0.970. The van der Waals surface area contributed by atoms with Crippen molar-refractivity contribution in [2.45, 2.75) is 51.0 Å². The van der Waals surface area contributed by atoms with Gasteiger partial charge >= 0.3 is 0 Å². The van der Waals surface area contributed by atoms with Gasteiger partial charge in [-0.3, -0.25) is 0 Å². The van der Waals surface area contributed by atoms with Crippen LogP contribution in [0.4, 0.5) is 0 Å². The van der Waals surface area contributed by atoms with E-state index in [2.05, 4.69) is 17.5 Å². The third-order valence-electron chi connectivity index (χ3n) is 3.84. The van der Waals surface area contributed by atoms with Gasteiger partial charge in [0.05, 0.1) is 6.07 Å². The van der Waals surface area contributed by atoms with Crippen molar-refractivity contribution in [3.63, 3.8) is 0 Å². The van der Waals surface area contributed by atoms with Crippen molar-refractivity contribution in [1.29, 1.82) is 5.26 Å². The highest BCUT2D eigenvalue weighted by atomic mass is 15.2. The zero-order valence-corrected chi connectivity index (χ0v) is 9.41. The summed E-state index contributed by atoms with van der Waals surface area (Å²) >= 11 is 0. The zero-order chi connectivity index (χ0) is 10.7. The van der Waals surface area contributed by atoms with Crippen molar-refractivity contribution in [2.24, 2.45) is 5.92 Å². The molecular weight excluding hydrogens is 184 g/mol. The number of allylic oxidation sites excluding steroid dienone is 1. The highest BCUT2D eigenvalue weighted by Crippen LogP contribution is 2.31. The molecule has 0 aromatic carbocycles. The Labute approximate surface area is 92.6 Å². The molecule has 2 rings (SSSR count). The fraction of sp³-hybridized carbons (Fsp3) is 0.769. The van der Waals surface area contributed by atoms with Crippen LogP contribution in [-0.4, -0.2) is 17.5 Å². The number of rotatable bonds is 1. The van der Waals surface area contributed by atoms with E-state index < -0.39 is 0 Å². The summed E-state index contributed by atoms with van der Waals surface area (Å²) in [6.45, 7) is 5.37. The number of nitriles is 1. The highest BCUT2D eigenvalue weighted by Gasteiger charge is 2.27. The average molecular weight is 204 g/mol. The average Bonchev–Trinajstić information content (AvgIpc) is 2.30. The van der Waals surface area contributed by atoms with Gasteiger partial charge in [0.1, 0.15) is 0 Å². The zero-order valence-electron chi connectivity index (χ0n) is 9.41. The van der Waals surface area contributed by atoms with Crippen LogP contribution >= 0.6 is 0 Å². The van der Waals surface area contributed by atoms with Gasteiger partial charge in [0.15, 0.2) is 0 Å². The second kappa shape index (κ2) is 4.70. The van der Waals surface area contributed by atoms with E-state index >= 15 is 0 Å². The summed E-state index contributed by atoms with van der Waals surface area (Å²) in [5, 5.41) is 8.86. The van der Waals surface area contributed by atoms with E-state index in [1.54, 1.807) is 0 Å². The van der Waals surface area contributed by atoms with E-state index in [0.717, 1.165) is 12.8 Å². The van der Waals surface area contributed by atoms with Crippen LogP contribution < -0.4 is 0 Å². The molecule has 0 atom stereocenters. The normalized spacial score (nSPS) is 32.5. The van der Waals surface area contributed by atoms with Crippen molar-refractivity contribution in [3.8, 4) is 6.07 Å². The quantitative estimate of drug-likeness (QED) is 0.656. The summed E-state index contributed by atoms with van der Waals surface area (Å²) in [6, 6.07) is 3.08. The fourth-order valence-electron chi connectivity index (χ4n) is 2.87. The number of hydrogen-bond acceptors (Lipinski definition) is 2. The first-order valence-corrected chi connectivity index (χ1v) is 6.15. The minimum Gasteiger partial charge on any atom is -0.372 e. The molecule has 0 spiro atoms. The summed E-state index contributed by atoms with van der Waals surface area (Å²) < 4.78 is 0. The molecule has 2 fully saturated rings. The second-order valence-corrected chi connectivity index (χ2v) is 4.85. The maximum atomic E-state index is 8.86. The monoisotopic (exact) mass is 204 g/mol. The third kappa shape index (κ3) is 2.34. The SMILES string of the molecule is C=C1CCCCN1C1CCC(C#N)CC1. The lowest BCUT2D eigenvalue weighted by molar-refractivity contribution is 0.163. The topological polar surface area (TPSA) is 27.0 Å². The lowest BCUT2D eigenvalue weighted by atomic mass is 9.85. The predicted octanol–water partition coefficient (Wildman–Crippen LogP) is 3.07. The Morgan fingerprint density at radius 3 is 2.53 bits per heavy atom. The predicted molar refractivity (Wildman–Crippen MR) is 61.1 cm³/mol. The Morgan fingerprint density at radius 1 is 1.20 bits per heavy atom. The van der Waals surface area contributed by atoms with Gasteiger partial charge in [-0.25, -0.2) is 0 Å². The second-order valence-electron chi connectivity index (χ2n) is 4.85. The van der Waals surface area contributed by atoms with Crippen LogP contribution in [0.15, 0.2) is 12.3 Å². The smallest absolute Gasteiger partial charge is 0.0655 e. The van der Waals surface area contributed by atoms with Gasteiger partial charge in [0, 0.05) is 24.2 Å². The van der Waals surface area contributed by atoms with Crippen molar-refractivity contribution < 1.29 is 0 Å². The van der Waals surface area contributed by atoms with E-state index in [1.165, 1.54) is 44.3 Å². The van der Waals surface area contributed by atoms with Crippen molar-refractivity contribution >= 4 is 0 Å². The Kier molecular flexibility index (Phi) is 3.30. The van der Waals surface area contributed by atoms with Crippen LogP contribution in [0.5, 0.6) is 0 Å². The summed E-state index contributed by atoms with van der Waals surface area (Å²) in [4.78, 5) is 2.51. The van der Waals surface area contributed by atoms with Crippen molar-refractivity contribution in [1.82, 2.24) is 4.90 Å². The Balaban J connectivity index is 1.89. The molecule has 1 aliphatic carbocycles. The molecule has 82 valence electrons. The molecule has 15 heavy (non-hydrogen) atoms. The molecule has 2 heteroatoms. The lowest BCUT2D eigenvalue weighted by Gasteiger charge is -2.40. The molecule has 0 N–H and O–H groups in total. The van der Waals surface area contributed by atoms with E-state index in [4.69, 9.17) is 5.26 Å². The molecule has 0 aromatic rings. The van der Waals surface area contributed by atoms with E-state index in [1.807, 2.05) is 0 Å². The fourth-order valence-corrected chi connectivity index (χ4v) is 2.87. The highest BCUT2D eigenvalue weighted by molar-refractivity contribution is 5.01. The van der Waals surface area contributed by atoms with Gasteiger partial charge < -0.3 is 4.90 Å². The van der Waals surface area contributed by atoms with Gasteiger partial charge in [-0.05, 0) is 44.9 Å². The molecule has 1 saturated heterocycles. The van der Waals surface area contributed by atoms with Crippen molar-refractivity contribution in [3.05, 3.63) is 12.3 Å². The van der Waals surface area contributed by atoms with Crippen LogP contribution in [0.1, 0.15) is 44.9 Å². The molecule has 0 radical (unpaired) electrons. The molecule has 1 aliphatic heterocycles. The summed E-state index contributed by atoms with van der Waals surface area (Å²) in [7, 11) is 0. The number of hydrogen-bond donors (Lipinski definition) is 0. The molecule has 0 unspecified atom stereocenters. The third-order valence-corrected chi connectivity index (χ3v) is 3.84. The molecule has 0 amide bonds. The summed E-state index contributed by atoms with van der Waals surface area (Å²) in [6.07, 6.45) is 8.36. The maximum absolute atomic E-state index is 8.86. The Bertz CT molecular complexity index is 269. The largest absolute Gasteiger partial charge is 0.372 e. The first-order valence-electron chi connectivity index (χ1n) is 6.15. The van der Waals surface area contributed by atoms with Crippen LogP contribution in [0.25, 0.3) is 0 Å². The van der Waals surface area contributed by atoms with Crippen LogP contribution in [-0.2, 0) is 0 Å². The lowest BCUT2D eigenvalue weighted by Crippen LogP contribution is -2.39. The minimum absolute atomic E-state index is 0.319. The summed E-state index contributed by atoms with van der Waals surface area (Å²) in [5.41, 5.74) is 1.33. The van der Waals surface area contributed by atoms with E-state index in [9.17, 15) is 0 Å². The molecule has 1 saturated carbocycles. The van der Waals surface area contributed by atoms with E-state index in [-0.39, 0.29) is 0 Å². The van der Waals surface area contributed by atoms with Crippen LogP contribution in [0.2, 0.25) is 0 Å². The maximum Gasteiger partial charge on any atom is 0.0655 e. The molecular formula is C13H20N2. The first-order chi connectivity index (χ1) is 7.31. The molecule has 1 heterocycles. The standard InChI is InChI=1S/C13H20N2/c1-11-4-2-3-9-15(11)13-7-5-12(10-14)6-8-13/h12-13H,1-9H2. The summed E-state index contributed by atoms with van der Waals surface area (Å²) in [5.74, 6) is 0.319. The Morgan fingerprint density at radius 2 is 1.93 bits per heavy atom. The van der Waals surface area contributed by atoms with Crippen LogP contribution in [0.3, 0.4) is 0 Å². The number of nitrogens with zero attached hydrogens (tertiary/aromatic N) is 2. The van der Waals surface area contributed by atoms with Crippen molar-refractivity contribution in [2.75, 3.05) is 6.54 Å². The van der Waals surface area contributed by atoms with Gasteiger partial charge in [-0.15, -0.1) is 0 Å². The molecule has 0 bridgehead atoms. The van der Waals surface area contributed by atoms with Gasteiger partial charge in [0.2, 0.25) is 0 Å². The van der Waals surface area contributed by atoms with Gasteiger partial charge in [-0.2, -0.15) is 5.26 Å². The number of likely N-dealkylation sites (tertiary alicyclic amines) is 1. The van der Waals surface area contributed by atoms with Gasteiger partial charge in [0.25, 0.3) is 0 Å². The first kappa shape index (κ1) is 10.5. The molecule has 2 nitrogen and oxygen atoms in total. The molecule has 0 aromatic heterocycles.